The first kappa shape index (κ1) is 16.4. The van der Waals surface area contributed by atoms with Crippen molar-refractivity contribution < 1.29 is 4.79 Å². The van der Waals surface area contributed by atoms with Gasteiger partial charge in [-0.15, -0.1) is 0 Å². The molecule has 0 aromatic carbocycles. The molecule has 4 rings (SSSR count). The number of carbonyl (C=O) groups is 1. The number of imidazole rings is 1. The third-order valence-corrected chi connectivity index (χ3v) is 5.63. The van der Waals surface area contributed by atoms with Crippen molar-refractivity contribution in [3.05, 3.63) is 36.3 Å². The van der Waals surface area contributed by atoms with Crippen LogP contribution < -0.4 is 5.32 Å². The van der Waals surface area contributed by atoms with E-state index in [-0.39, 0.29) is 6.03 Å². The van der Waals surface area contributed by atoms with Gasteiger partial charge in [-0.05, 0) is 50.8 Å². The zero-order valence-corrected chi connectivity index (χ0v) is 15.1. The van der Waals surface area contributed by atoms with Gasteiger partial charge >= 0.3 is 6.03 Å². The summed E-state index contributed by atoms with van der Waals surface area (Å²) in [5.41, 5.74) is 1.98. The van der Waals surface area contributed by atoms with Crippen LogP contribution in [0.2, 0.25) is 0 Å². The summed E-state index contributed by atoms with van der Waals surface area (Å²) >= 11 is 0. The molecule has 0 spiro atoms. The summed E-state index contributed by atoms with van der Waals surface area (Å²) in [4.78, 5) is 21.6. The van der Waals surface area contributed by atoms with Crippen LogP contribution in [-0.2, 0) is 6.54 Å². The van der Waals surface area contributed by atoms with Crippen LogP contribution in [-0.4, -0.2) is 56.4 Å². The predicted molar refractivity (Wildman–Crippen MR) is 97.4 cm³/mol. The second-order valence-electron chi connectivity index (χ2n) is 7.55. The molecule has 2 saturated heterocycles. The van der Waals surface area contributed by atoms with E-state index in [1.165, 1.54) is 12.8 Å². The Morgan fingerprint density at radius 2 is 2.12 bits per heavy atom. The van der Waals surface area contributed by atoms with Gasteiger partial charge in [-0.2, -0.15) is 0 Å². The van der Waals surface area contributed by atoms with E-state index in [1.54, 1.807) is 6.20 Å². The van der Waals surface area contributed by atoms with Crippen molar-refractivity contribution in [3.63, 3.8) is 0 Å². The minimum absolute atomic E-state index is 0.0551. The summed E-state index contributed by atoms with van der Waals surface area (Å²) in [7, 11) is 0. The molecule has 4 heterocycles. The number of aromatic nitrogens is 2. The maximum atomic E-state index is 12.7. The number of likely N-dealkylation sites (tertiary alicyclic amines) is 1. The van der Waals surface area contributed by atoms with Gasteiger partial charge in [-0.25, -0.2) is 9.78 Å². The Hall–Kier alpha value is -2.08. The molecule has 0 radical (unpaired) electrons. The van der Waals surface area contributed by atoms with Crippen molar-refractivity contribution >= 4 is 11.7 Å². The van der Waals surface area contributed by atoms with Crippen molar-refractivity contribution in [2.45, 2.75) is 57.8 Å². The molecule has 2 atom stereocenters. The van der Waals surface area contributed by atoms with Gasteiger partial charge < -0.3 is 14.6 Å². The van der Waals surface area contributed by atoms with Crippen LogP contribution in [0.4, 0.5) is 4.79 Å². The van der Waals surface area contributed by atoms with Crippen LogP contribution >= 0.6 is 0 Å². The van der Waals surface area contributed by atoms with Crippen LogP contribution in [0, 0.1) is 0 Å². The molecule has 6 heteroatoms. The summed E-state index contributed by atoms with van der Waals surface area (Å²) in [6, 6.07) is 5.82. The number of carbonyl (C=O) groups excluding carboxylic acids is 1. The van der Waals surface area contributed by atoms with Gasteiger partial charge in [0.2, 0.25) is 0 Å². The Morgan fingerprint density at radius 3 is 2.96 bits per heavy atom. The smallest absolute Gasteiger partial charge is 0.317 e. The molecule has 2 aliphatic heterocycles. The molecule has 2 fully saturated rings. The topological polar surface area (TPSA) is 52.9 Å². The number of amides is 2. The van der Waals surface area contributed by atoms with Crippen molar-refractivity contribution in [3.8, 4) is 0 Å². The third-order valence-electron chi connectivity index (χ3n) is 5.63. The maximum absolute atomic E-state index is 12.7. The Kier molecular flexibility index (Phi) is 4.37. The maximum Gasteiger partial charge on any atom is 0.317 e. The van der Waals surface area contributed by atoms with Crippen LogP contribution in [0.3, 0.4) is 0 Å². The fourth-order valence-corrected chi connectivity index (χ4v) is 4.49. The molecule has 0 aliphatic carbocycles. The number of hydrogen-bond acceptors (Lipinski definition) is 3. The van der Waals surface area contributed by atoms with Crippen molar-refractivity contribution in [1.82, 2.24) is 24.5 Å². The van der Waals surface area contributed by atoms with Crippen LogP contribution in [0.1, 0.15) is 38.7 Å². The number of fused-ring (bicyclic) bond motifs is 3. The van der Waals surface area contributed by atoms with E-state index in [4.69, 9.17) is 0 Å². The van der Waals surface area contributed by atoms with Gasteiger partial charge in [0.05, 0.1) is 0 Å². The fourth-order valence-electron chi connectivity index (χ4n) is 4.49. The molecular weight excluding hydrogens is 314 g/mol. The number of hydrogen-bond donors (Lipinski definition) is 1. The number of pyridine rings is 1. The van der Waals surface area contributed by atoms with Crippen LogP contribution in [0.25, 0.3) is 5.65 Å². The highest BCUT2D eigenvalue weighted by molar-refractivity contribution is 5.74. The predicted octanol–water partition coefficient (Wildman–Crippen LogP) is 2.49. The number of nitrogens with one attached hydrogen (secondary N) is 1. The van der Waals surface area contributed by atoms with E-state index in [1.807, 2.05) is 33.8 Å². The molecule has 2 aliphatic rings. The zero-order valence-electron chi connectivity index (χ0n) is 15.1. The van der Waals surface area contributed by atoms with Crippen LogP contribution in [0.15, 0.2) is 30.7 Å². The number of rotatable bonds is 3. The highest BCUT2D eigenvalue weighted by atomic mass is 16.2. The van der Waals surface area contributed by atoms with E-state index < -0.39 is 0 Å². The second-order valence-corrected chi connectivity index (χ2v) is 7.55. The Balaban J connectivity index is 1.38. The SMILES string of the molecule is CC(C)N1C2CCC1CN(C(=O)NCc1ccn3ccnc3c1)CC2. The molecular formula is C19H27N5O. The van der Waals surface area contributed by atoms with E-state index >= 15 is 0 Å². The van der Waals surface area contributed by atoms with Gasteiger partial charge in [-0.3, -0.25) is 4.90 Å². The Morgan fingerprint density at radius 1 is 1.28 bits per heavy atom. The van der Waals surface area contributed by atoms with Crippen molar-refractivity contribution in [1.29, 1.82) is 0 Å². The van der Waals surface area contributed by atoms with E-state index in [0.29, 0.717) is 24.7 Å². The van der Waals surface area contributed by atoms with Gasteiger partial charge in [-0.1, -0.05) is 0 Å². The zero-order chi connectivity index (χ0) is 17.4. The summed E-state index contributed by atoms with van der Waals surface area (Å²) < 4.78 is 1.97. The van der Waals surface area contributed by atoms with Gasteiger partial charge in [0.15, 0.2) is 0 Å². The van der Waals surface area contributed by atoms with Crippen molar-refractivity contribution in [2.24, 2.45) is 0 Å². The lowest BCUT2D eigenvalue weighted by atomic mass is 10.1. The van der Waals surface area contributed by atoms with Gasteiger partial charge in [0, 0.05) is 56.4 Å². The molecule has 2 unspecified atom stereocenters. The average Bonchev–Trinajstić information content (AvgIpc) is 3.15. The quantitative estimate of drug-likeness (QED) is 0.933. The lowest BCUT2D eigenvalue weighted by molar-refractivity contribution is 0.147. The summed E-state index contributed by atoms with van der Waals surface area (Å²) in [6.45, 7) is 6.79. The monoisotopic (exact) mass is 341 g/mol. The molecule has 134 valence electrons. The number of urea groups is 1. The highest BCUT2D eigenvalue weighted by Gasteiger charge is 2.39. The first-order valence-corrected chi connectivity index (χ1v) is 9.33. The Bertz CT molecular complexity index is 755. The molecule has 2 amide bonds. The third kappa shape index (κ3) is 3.23. The summed E-state index contributed by atoms with van der Waals surface area (Å²) in [6.07, 6.45) is 9.26. The molecule has 2 aromatic rings. The minimum atomic E-state index is 0.0551. The number of nitrogens with zero attached hydrogens (tertiary/aromatic N) is 4. The summed E-state index contributed by atoms with van der Waals surface area (Å²) in [5.74, 6) is 0. The summed E-state index contributed by atoms with van der Waals surface area (Å²) in [5, 5.41) is 3.09. The highest BCUT2D eigenvalue weighted by Crippen LogP contribution is 2.31. The largest absolute Gasteiger partial charge is 0.334 e. The van der Waals surface area contributed by atoms with E-state index in [9.17, 15) is 4.79 Å². The van der Waals surface area contributed by atoms with Crippen LogP contribution in [0.5, 0.6) is 0 Å². The lowest BCUT2D eigenvalue weighted by Crippen LogP contribution is -2.46. The molecule has 1 N–H and O–H groups in total. The van der Waals surface area contributed by atoms with Crippen molar-refractivity contribution in [2.75, 3.05) is 13.1 Å². The molecule has 25 heavy (non-hydrogen) atoms. The first-order valence-electron chi connectivity index (χ1n) is 9.33. The fraction of sp³-hybridized carbons (Fsp3) is 0.579. The average molecular weight is 341 g/mol. The van der Waals surface area contributed by atoms with Gasteiger partial charge in [0.1, 0.15) is 5.65 Å². The molecule has 2 aromatic heterocycles. The minimum Gasteiger partial charge on any atom is -0.334 e. The van der Waals surface area contributed by atoms with E-state index in [0.717, 1.165) is 30.7 Å². The lowest BCUT2D eigenvalue weighted by Gasteiger charge is -2.32. The normalized spacial score (nSPS) is 24.0. The van der Waals surface area contributed by atoms with E-state index in [2.05, 4.69) is 29.0 Å². The molecule has 0 saturated carbocycles. The Labute approximate surface area is 148 Å². The second kappa shape index (κ2) is 6.67. The van der Waals surface area contributed by atoms with Gasteiger partial charge in [0.25, 0.3) is 0 Å². The standard InChI is InChI=1S/C19H27N5O/c1-14(2)24-16-3-4-17(24)13-23(9-6-16)19(25)21-12-15-5-8-22-10-7-20-18(22)11-15/h5,7-8,10-11,14,16-17H,3-4,6,9,12-13H2,1-2H3,(H,21,25). The molecule has 6 nitrogen and oxygen atoms in total. The molecule has 2 bridgehead atoms. The first-order chi connectivity index (χ1) is 12.1.